The van der Waals surface area contributed by atoms with E-state index in [4.69, 9.17) is 10.3 Å². The van der Waals surface area contributed by atoms with Crippen LogP contribution < -0.4 is 5.73 Å². The molecule has 1 unspecified atom stereocenters. The molecule has 2 aromatic rings. The number of likely N-dealkylation sites (tertiary alicyclic amines) is 1. The zero-order valence-corrected chi connectivity index (χ0v) is 15.5. The number of carbonyl (C=O) groups excluding carboxylic acids is 1. The number of aryl methyl sites for hydroxylation is 1. The van der Waals surface area contributed by atoms with Crippen LogP contribution in [0.15, 0.2) is 21.3 Å². The maximum absolute atomic E-state index is 12.4. The predicted octanol–water partition coefficient (Wildman–Crippen LogP) is 2.74. The second-order valence-corrected chi connectivity index (χ2v) is 7.50. The van der Waals surface area contributed by atoms with Gasteiger partial charge < -0.3 is 15.2 Å². The van der Waals surface area contributed by atoms with Gasteiger partial charge in [-0.2, -0.15) is 16.3 Å². The molecule has 8 heteroatoms. The van der Waals surface area contributed by atoms with Gasteiger partial charge in [0.05, 0.1) is 0 Å². The van der Waals surface area contributed by atoms with E-state index in [-0.39, 0.29) is 29.8 Å². The molecule has 0 aliphatic carbocycles. The number of aromatic nitrogens is 2. The minimum atomic E-state index is -0.0372. The standard InChI is InChI=1S/C16H22N4O2S.ClH/c1-16(2)10-20(7-5-12(16)17)14(21)4-3-13-18-15(19-22-13)11-6-8-23-9-11;/h6,8-9,12H,3-5,7,10,17H2,1-2H3;1H. The highest BCUT2D eigenvalue weighted by Gasteiger charge is 2.35. The summed E-state index contributed by atoms with van der Waals surface area (Å²) in [6.45, 7) is 5.66. The van der Waals surface area contributed by atoms with Crippen molar-refractivity contribution in [3.63, 3.8) is 0 Å². The summed E-state index contributed by atoms with van der Waals surface area (Å²) in [6, 6.07) is 2.10. The summed E-state index contributed by atoms with van der Waals surface area (Å²) in [5, 5.41) is 7.90. The lowest BCUT2D eigenvalue weighted by Gasteiger charge is -2.42. The number of halogens is 1. The van der Waals surface area contributed by atoms with Crippen LogP contribution >= 0.6 is 23.7 Å². The van der Waals surface area contributed by atoms with E-state index in [1.54, 1.807) is 11.3 Å². The number of piperidine rings is 1. The quantitative estimate of drug-likeness (QED) is 0.894. The molecule has 0 radical (unpaired) electrons. The summed E-state index contributed by atoms with van der Waals surface area (Å²) in [5.41, 5.74) is 7.03. The molecular formula is C16H23ClN4O2S. The van der Waals surface area contributed by atoms with Crippen LogP contribution in [0, 0.1) is 5.41 Å². The Morgan fingerprint density at radius 1 is 1.54 bits per heavy atom. The highest BCUT2D eigenvalue weighted by molar-refractivity contribution is 7.08. The average Bonchev–Trinajstić information content (AvgIpc) is 3.17. The first-order valence-electron chi connectivity index (χ1n) is 7.84. The van der Waals surface area contributed by atoms with Gasteiger partial charge in [0.15, 0.2) is 0 Å². The first-order valence-corrected chi connectivity index (χ1v) is 8.78. The molecule has 3 heterocycles. The molecule has 1 amide bonds. The summed E-state index contributed by atoms with van der Waals surface area (Å²) >= 11 is 1.59. The lowest BCUT2D eigenvalue weighted by atomic mass is 9.79. The van der Waals surface area contributed by atoms with Crippen molar-refractivity contribution in [1.29, 1.82) is 0 Å². The molecule has 24 heavy (non-hydrogen) atoms. The average molecular weight is 371 g/mol. The number of hydrogen-bond donors (Lipinski definition) is 1. The minimum Gasteiger partial charge on any atom is -0.342 e. The van der Waals surface area contributed by atoms with Crippen molar-refractivity contribution in [2.75, 3.05) is 13.1 Å². The van der Waals surface area contributed by atoms with E-state index in [2.05, 4.69) is 24.0 Å². The third kappa shape index (κ3) is 4.15. The van der Waals surface area contributed by atoms with Crippen molar-refractivity contribution in [3.8, 4) is 11.4 Å². The van der Waals surface area contributed by atoms with E-state index < -0.39 is 0 Å². The van der Waals surface area contributed by atoms with Crippen molar-refractivity contribution in [2.24, 2.45) is 11.1 Å². The Morgan fingerprint density at radius 3 is 3.00 bits per heavy atom. The highest BCUT2D eigenvalue weighted by atomic mass is 35.5. The molecule has 2 aromatic heterocycles. The summed E-state index contributed by atoms with van der Waals surface area (Å²) in [4.78, 5) is 18.6. The van der Waals surface area contributed by atoms with Crippen LogP contribution in [0.1, 0.15) is 32.6 Å². The van der Waals surface area contributed by atoms with Crippen LogP contribution in [0.5, 0.6) is 0 Å². The van der Waals surface area contributed by atoms with Gasteiger partial charge in [0, 0.05) is 42.9 Å². The molecule has 0 saturated carbocycles. The third-order valence-electron chi connectivity index (χ3n) is 4.47. The van der Waals surface area contributed by atoms with Crippen molar-refractivity contribution in [1.82, 2.24) is 15.0 Å². The Bertz CT molecular complexity index is 671. The van der Waals surface area contributed by atoms with Crippen LogP contribution in [0.2, 0.25) is 0 Å². The molecule has 1 fully saturated rings. The number of amides is 1. The molecular weight excluding hydrogens is 348 g/mol. The minimum absolute atomic E-state index is 0. The van der Waals surface area contributed by atoms with Crippen LogP contribution in [0.4, 0.5) is 0 Å². The van der Waals surface area contributed by atoms with Gasteiger partial charge in [0.2, 0.25) is 17.6 Å². The van der Waals surface area contributed by atoms with Gasteiger partial charge in [-0.25, -0.2) is 0 Å². The highest BCUT2D eigenvalue weighted by Crippen LogP contribution is 2.28. The van der Waals surface area contributed by atoms with Crippen molar-refractivity contribution in [2.45, 2.75) is 39.2 Å². The number of nitrogens with zero attached hydrogens (tertiary/aromatic N) is 3. The van der Waals surface area contributed by atoms with E-state index in [0.29, 0.717) is 31.1 Å². The molecule has 1 saturated heterocycles. The monoisotopic (exact) mass is 370 g/mol. The van der Waals surface area contributed by atoms with Crippen LogP contribution in [-0.2, 0) is 11.2 Å². The Balaban J connectivity index is 0.00000208. The fraction of sp³-hybridized carbons (Fsp3) is 0.562. The van der Waals surface area contributed by atoms with Gasteiger partial charge >= 0.3 is 0 Å². The van der Waals surface area contributed by atoms with Crippen LogP contribution in [-0.4, -0.2) is 40.1 Å². The Labute approximate surface area is 151 Å². The third-order valence-corrected chi connectivity index (χ3v) is 5.15. The van der Waals surface area contributed by atoms with Crippen molar-refractivity contribution in [3.05, 3.63) is 22.7 Å². The molecule has 6 nitrogen and oxygen atoms in total. The SMILES string of the molecule is CC1(C)CN(C(=O)CCc2nc(-c3ccsc3)no2)CCC1N.Cl. The summed E-state index contributed by atoms with van der Waals surface area (Å²) < 4.78 is 5.24. The summed E-state index contributed by atoms with van der Waals surface area (Å²) in [6.07, 6.45) is 1.71. The number of hydrogen-bond acceptors (Lipinski definition) is 6. The molecule has 1 atom stereocenters. The van der Waals surface area contributed by atoms with Gasteiger partial charge in [0.25, 0.3) is 0 Å². The Hall–Kier alpha value is -1.44. The zero-order valence-electron chi connectivity index (χ0n) is 13.9. The van der Waals surface area contributed by atoms with Gasteiger partial charge in [-0.3, -0.25) is 4.79 Å². The largest absolute Gasteiger partial charge is 0.342 e. The molecule has 1 aliphatic heterocycles. The number of carbonyl (C=O) groups is 1. The first-order chi connectivity index (χ1) is 11.0. The fourth-order valence-corrected chi connectivity index (χ4v) is 3.46. The molecule has 0 bridgehead atoms. The molecule has 0 aromatic carbocycles. The van der Waals surface area contributed by atoms with E-state index in [9.17, 15) is 4.79 Å². The van der Waals surface area contributed by atoms with Gasteiger partial charge in [-0.15, -0.1) is 12.4 Å². The first kappa shape index (κ1) is 18.9. The maximum Gasteiger partial charge on any atom is 0.227 e. The van der Waals surface area contributed by atoms with E-state index in [1.165, 1.54) is 0 Å². The summed E-state index contributed by atoms with van der Waals surface area (Å²) in [7, 11) is 0. The Morgan fingerprint density at radius 2 is 2.33 bits per heavy atom. The van der Waals surface area contributed by atoms with E-state index >= 15 is 0 Å². The van der Waals surface area contributed by atoms with Crippen molar-refractivity contribution < 1.29 is 9.32 Å². The molecule has 3 rings (SSSR count). The molecule has 0 spiro atoms. The number of nitrogens with two attached hydrogens (primary N) is 1. The van der Waals surface area contributed by atoms with E-state index in [1.807, 2.05) is 21.7 Å². The second-order valence-electron chi connectivity index (χ2n) is 6.72. The maximum atomic E-state index is 12.4. The summed E-state index contributed by atoms with van der Waals surface area (Å²) in [5.74, 6) is 1.21. The fourth-order valence-electron chi connectivity index (χ4n) is 2.82. The lowest BCUT2D eigenvalue weighted by molar-refractivity contribution is -0.134. The normalized spacial score (nSPS) is 19.8. The molecule has 2 N–H and O–H groups in total. The predicted molar refractivity (Wildman–Crippen MR) is 96.1 cm³/mol. The smallest absolute Gasteiger partial charge is 0.227 e. The van der Waals surface area contributed by atoms with Gasteiger partial charge in [-0.05, 0) is 23.3 Å². The van der Waals surface area contributed by atoms with Crippen LogP contribution in [0.3, 0.4) is 0 Å². The second kappa shape index (κ2) is 7.63. The lowest BCUT2D eigenvalue weighted by Crippen LogP contribution is -2.54. The Kier molecular flexibility index (Phi) is 6.01. The molecule has 132 valence electrons. The van der Waals surface area contributed by atoms with Gasteiger partial charge in [-0.1, -0.05) is 19.0 Å². The van der Waals surface area contributed by atoms with Crippen LogP contribution in [0.25, 0.3) is 11.4 Å². The molecule has 1 aliphatic rings. The topological polar surface area (TPSA) is 85.2 Å². The number of rotatable bonds is 4. The van der Waals surface area contributed by atoms with Crippen molar-refractivity contribution >= 4 is 29.7 Å². The zero-order chi connectivity index (χ0) is 16.4. The van der Waals surface area contributed by atoms with Gasteiger partial charge in [0.1, 0.15) is 0 Å². The van der Waals surface area contributed by atoms with E-state index in [0.717, 1.165) is 18.5 Å². The number of thiophene rings is 1.